The van der Waals surface area contributed by atoms with Crippen LogP contribution >= 0.6 is 11.8 Å². The van der Waals surface area contributed by atoms with E-state index in [1.54, 1.807) is 49.1 Å². The molecule has 3 aromatic carbocycles. The zero-order chi connectivity index (χ0) is 24.8. The minimum absolute atomic E-state index is 0.0277. The number of hydrogen-bond acceptors (Lipinski definition) is 7. The van der Waals surface area contributed by atoms with Gasteiger partial charge in [0, 0.05) is 0 Å². The molecule has 0 radical (unpaired) electrons. The number of aromatic nitrogens is 2. The van der Waals surface area contributed by atoms with Crippen LogP contribution in [0.3, 0.4) is 0 Å². The van der Waals surface area contributed by atoms with Gasteiger partial charge in [0.1, 0.15) is 0 Å². The molecular formula is C26H24N4O4S. The summed E-state index contributed by atoms with van der Waals surface area (Å²) in [5, 5.41) is 4.97. The largest absolute Gasteiger partial charge is 0.493 e. The number of ether oxygens (including phenoxy) is 2. The van der Waals surface area contributed by atoms with E-state index in [2.05, 4.69) is 15.5 Å². The van der Waals surface area contributed by atoms with Crippen molar-refractivity contribution in [3.63, 3.8) is 0 Å². The molecule has 0 bridgehead atoms. The van der Waals surface area contributed by atoms with Gasteiger partial charge in [-0.15, -0.1) is 0 Å². The second-order valence-corrected chi connectivity index (χ2v) is 8.48. The van der Waals surface area contributed by atoms with Crippen LogP contribution < -0.4 is 20.5 Å². The highest BCUT2D eigenvalue weighted by atomic mass is 32.2. The second kappa shape index (κ2) is 10.9. The summed E-state index contributed by atoms with van der Waals surface area (Å²) >= 11 is 1.17. The Hall–Kier alpha value is -4.11. The fourth-order valence-corrected chi connectivity index (χ4v) is 4.31. The van der Waals surface area contributed by atoms with Crippen molar-refractivity contribution >= 4 is 34.8 Å². The van der Waals surface area contributed by atoms with Crippen LogP contribution in [0.1, 0.15) is 11.1 Å². The van der Waals surface area contributed by atoms with E-state index in [1.165, 1.54) is 18.0 Å². The third kappa shape index (κ3) is 5.36. The Bertz CT molecular complexity index is 1470. The molecule has 4 rings (SSSR count). The van der Waals surface area contributed by atoms with Crippen molar-refractivity contribution < 1.29 is 14.3 Å². The van der Waals surface area contributed by atoms with Crippen LogP contribution in [0, 0.1) is 6.92 Å². The fourth-order valence-electron chi connectivity index (χ4n) is 3.51. The maximum Gasteiger partial charge on any atom is 0.266 e. The average molecular weight is 489 g/mol. The number of nitrogens with zero attached hydrogens (tertiary/aromatic N) is 3. The highest BCUT2D eigenvalue weighted by Crippen LogP contribution is 2.27. The van der Waals surface area contributed by atoms with E-state index in [0.29, 0.717) is 27.6 Å². The van der Waals surface area contributed by atoms with Crippen LogP contribution in [0.5, 0.6) is 11.5 Å². The number of para-hydroxylation sites is 2. The lowest BCUT2D eigenvalue weighted by molar-refractivity contribution is -0.118. The van der Waals surface area contributed by atoms with E-state index < -0.39 is 0 Å². The summed E-state index contributed by atoms with van der Waals surface area (Å²) < 4.78 is 12.1. The highest BCUT2D eigenvalue weighted by Gasteiger charge is 2.15. The number of fused-ring (bicyclic) bond motifs is 1. The first-order valence-electron chi connectivity index (χ1n) is 10.8. The molecular weight excluding hydrogens is 464 g/mol. The Morgan fingerprint density at radius 2 is 1.80 bits per heavy atom. The van der Waals surface area contributed by atoms with Gasteiger partial charge in [0.05, 0.1) is 42.8 Å². The summed E-state index contributed by atoms with van der Waals surface area (Å²) in [5.41, 5.74) is 5.30. The van der Waals surface area contributed by atoms with Gasteiger partial charge < -0.3 is 9.47 Å². The number of nitrogens with one attached hydrogen (secondary N) is 1. The molecule has 1 heterocycles. The van der Waals surface area contributed by atoms with Crippen molar-refractivity contribution in [1.82, 2.24) is 15.0 Å². The van der Waals surface area contributed by atoms with E-state index in [4.69, 9.17) is 9.47 Å². The van der Waals surface area contributed by atoms with Crippen LogP contribution in [-0.2, 0) is 4.79 Å². The molecule has 0 aliphatic heterocycles. The molecule has 1 aromatic heterocycles. The standard InChI is InChI=1S/C26H24N4O4S/c1-17-8-4-7-11-21(17)30-25(32)19-9-5-6-10-20(19)28-26(30)35-16-24(31)29-27-15-18-12-13-22(33-2)23(14-18)34-3/h4-15H,16H2,1-3H3,(H,29,31)/b27-15+. The summed E-state index contributed by atoms with van der Waals surface area (Å²) in [4.78, 5) is 30.5. The Morgan fingerprint density at radius 3 is 2.57 bits per heavy atom. The molecule has 1 N–H and O–H groups in total. The van der Waals surface area contributed by atoms with Gasteiger partial charge in [0.15, 0.2) is 16.7 Å². The molecule has 0 unspecified atom stereocenters. The summed E-state index contributed by atoms with van der Waals surface area (Å²) in [5.74, 6) is 0.868. The van der Waals surface area contributed by atoms with Gasteiger partial charge in [-0.05, 0) is 54.4 Å². The molecule has 0 saturated carbocycles. The van der Waals surface area contributed by atoms with Gasteiger partial charge in [0.2, 0.25) is 0 Å². The van der Waals surface area contributed by atoms with E-state index in [0.717, 1.165) is 16.8 Å². The van der Waals surface area contributed by atoms with E-state index >= 15 is 0 Å². The molecule has 0 atom stereocenters. The summed E-state index contributed by atoms with van der Waals surface area (Å²) in [6, 6.07) is 20.1. The van der Waals surface area contributed by atoms with Gasteiger partial charge in [-0.25, -0.2) is 10.4 Å². The van der Waals surface area contributed by atoms with E-state index in [9.17, 15) is 9.59 Å². The Kier molecular flexibility index (Phi) is 7.47. The molecule has 178 valence electrons. The third-order valence-corrected chi connectivity index (χ3v) is 6.18. The normalized spacial score (nSPS) is 11.1. The quantitative estimate of drug-likeness (QED) is 0.175. The predicted octanol–water partition coefficient (Wildman–Crippen LogP) is 3.95. The van der Waals surface area contributed by atoms with Crippen molar-refractivity contribution in [1.29, 1.82) is 0 Å². The molecule has 8 nitrogen and oxygen atoms in total. The monoisotopic (exact) mass is 488 g/mol. The summed E-state index contributed by atoms with van der Waals surface area (Å²) in [7, 11) is 3.11. The lowest BCUT2D eigenvalue weighted by atomic mass is 10.2. The topological polar surface area (TPSA) is 94.8 Å². The molecule has 0 fully saturated rings. The van der Waals surface area contributed by atoms with E-state index in [1.807, 2.05) is 43.3 Å². The smallest absolute Gasteiger partial charge is 0.266 e. The molecule has 0 saturated heterocycles. The maximum absolute atomic E-state index is 13.3. The van der Waals surface area contributed by atoms with Crippen molar-refractivity contribution in [3.8, 4) is 17.2 Å². The number of hydrogen-bond donors (Lipinski definition) is 1. The molecule has 1 amide bonds. The van der Waals surface area contributed by atoms with E-state index in [-0.39, 0.29) is 17.2 Å². The van der Waals surface area contributed by atoms with Crippen LogP contribution in [0.2, 0.25) is 0 Å². The Balaban J connectivity index is 1.53. The number of thioether (sulfide) groups is 1. The number of aryl methyl sites for hydroxylation is 1. The van der Waals surface area contributed by atoms with Gasteiger partial charge in [-0.2, -0.15) is 5.10 Å². The predicted molar refractivity (Wildman–Crippen MR) is 138 cm³/mol. The number of carbonyl (C=O) groups excluding carboxylic acids is 1. The van der Waals surface area contributed by atoms with Gasteiger partial charge >= 0.3 is 0 Å². The molecule has 9 heteroatoms. The number of amides is 1. The number of methoxy groups -OCH3 is 2. The lowest BCUT2D eigenvalue weighted by Crippen LogP contribution is -2.24. The zero-order valence-electron chi connectivity index (χ0n) is 19.5. The Morgan fingerprint density at radius 1 is 1.06 bits per heavy atom. The number of benzene rings is 3. The SMILES string of the molecule is COc1ccc(/C=N/NC(=O)CSc2nc3ccccc3c(=O)n2-c2ccccc2C)cc1OC. The summed E-state index contributed by atoms with van der Waals surface area (Å²) in [6.45, 7) is 1.93. The number of carbonyl (C=O) groups is 1. The number of hydrazone groups is 1. The molecule has 0 aliphatic carbocycles. The molecule has 4 aromatic rings. The van der Waals surface area contributed by atoms with Gasteiger partial charge in [0.25, 0.3) is 11.5 Å². The zero-order valence-corrected chi connectivity index (χ0v) is 20.3. The number of rotatable bonds is 8. The highest BCUT2D eigenvalue weighted by molar-refractivity contribution is 7.99. The van der Waals surface area contributed by atoms with Crippen molar-refractivity contribution in [2.24, 2.45) is 5.10 Å². The minimum atomic E-state index is -0.328. The lowest BCUT2D eigenvalue weighted by Gasteiger charge is -2.14. The first-order valence-corrected chi connectivity index (χ1v) is 11.7. The van der Waals surface area contributed by atoms with Crippen molar-refractivity contribution in [2.75, 3.05) is 20.0 Å². The summed E-state index contributed by atoms with van der Waals surface area (Å²) in [6.07, 6.45) is 1.52. The van der Waals surface area contributed by atoms with Crippen LogP contribution in [0.25, 0.3) is 16.6 Å². The van der Waals surface area contributed by atoms with Crippen LogP contribution in [-0.4, -0.2) is 41.6 Å². The van der Waals surface area contributed by atoms with Gasteiger partial charge in [-0.3, -0.25) is 14.2 Å². The third-order valence-electron chi connectivity index (χ3n) is 5.24. The van der Waals surface area contributed by atoms with Gasteiger partial charge in [-0.1, -0.05) is 42.1 Å². The first kappa shape index (κ1) is 24.0. The van der Waals surface area contributed by atoms with Crippen LogP contribution in [0.15, 0.2) is 81.8 Å². The molecule has 0 aliphatic rings. The Labute approximate surface area is 206 Å². The second-order valence-electron chi connectivity index (χ2n) is 7.53. The van der Waals surface area contributed by atoms with Crippen molar-refractivity contribution in [3.05, 3.63) is 88.2 Å². The average Bonchev–Trinajstić information content (AvgIpc) is 2.88. The molecule has 35 heavy (non-hydrogen) atoms. The maximum atomic E-state index is 13.3. The molecule has 0 spiro atoms. The first-order chi connectivity index (χ1) is 17.0. The van der Waals surface area contributed by atoms with Crippen molar-refractivity contribution in [2.45, 2.75) is 12.1 Å². The minimum Gasteiger partial charge on any atom is -0.493 e. The van der Waals surface area contributed by atoms with Crippen LogP contribution in [0.4, 0.5) is 0 Å². The fraction of sp³-hybridized carbons (Fsp3) is 0.154.